The van der Waals surface area contributed by atoms with Crippen LogP contribution in [-0.2, 0) is 9.59 Å². The minimum absolute atomic E-state index is 0.248. The second kappa shape index (κ2) is 4.06. The summed E-state index contributed by atoms with van der Waals surface area (Å²) < 4.78 is 5.16. The van der Waals surface area contributed by atoms with Gasteiger partial charge in [-0.1, -0.05) is 11.6 Å². The molecule has 1 amide bonds. The zero-order valence-corrected chi connectivity index (χ0v) is 9.14. The van der Waals surface area contributed by atoms with Gasteiger partial charge in [-0.3, -0.25) is 9.59 Å². The summed E-state index contributed by atoms with van der Waals surface area (Å²) in [6.07, 6.45) is 0. The number of oxazole rings is 1. The molecule has 0 aliphatic carbocycles. The number of hydrogen-bond donors (Lipinski definition) is 2. The monoisotopic (exact) mass is 254 g/mol. The highest BCUT2D eigenvalue weighted by atomic mass is 35.5. The Kier molecular flexibility index (Phi) is 2.72. The molecule has 7 heteroatoms. The van der Waals surface area contributed by atoms with Crippen molar-refractivity contribution in [3.05, 3.63) is 29.1 Å². The molecule has 0 saturated carbocycles. The Bertz CT molecular complexity index is 593. The van der Waals surface area contributed by atoms with Gasteiger partial charge >= 0.3 is 5.97 Å². The van der Waals surface area contributed by atoms with Crippen molar-refractivity contribution in [2.45, 2.75) is 5.92 Å². The molecular weight excluding hydrogens is 248 g/mol. The van der Waals surface area contributed by atoms with Crippen molar-refractivity contribution >= 4 is 34.6 Å². The van der Waals surface area contributed by atoms with Gasteiger partial charge in [-0.25, -0.2) is 4.98 Å². The Balaban J connectivity index is 2.55. The number of aromatic nitrogens is 1. The number of carboxylic acid groups (broad SMARTS) is 1. The highest BCUT2D eigenvalue weighted by Gasteiger charge is 2.31. The van der Waals surface area contributed by atoms with Crippen molar-refractivity contribution in [3.8, 4) is 0 Å². The number of fused-ring (bicyclic) bond motifs is 1. The number of hydrogen-bond acceptors (Lipinski definition) is 4. The lowest BCUT2D eigenvalue weighted by Gasteiger charge is -2.01. The average molecular weight is 255 g/mol. The van der Waals surface area contributed by atoms with Crippen LogP contribution in [0.5, 0.6) is 0 Å². The Morgan fingerprint density at radius 1 is 1.47 bits per heavy atom. The number of halogens is 1. The first-order valence-electron chi connectivity index (χ1n) is 4.57. The van der Waals surface area contributed by atoms with Crippen LogP contribution in [0.3, 0.4) is 0 Å². The Morgan fingerprint density at radius 3 is 2.76 bits per heavy atom. The second-order valence-electron chi connectivity index (χ2n) is 3.34. The first-order chi connectivity index (χ1) is 7.99. The van der Waals surface area contributed by atoms with Crippen molar-refractivity contribution in [2.24, 2.45) is 5.73 Å². The van der Waals surface area contributed by atoms with Gasteiger partial charge in [0.2, 0.25) is 17.7 Å². The van der Waals surface area contributed by atoms with E-state index in [4.69, 9.17) is 26.9 Å². The van der Waals surface area contributed by atoms with Gasteiger partial charge in [0.15, 0.2) is 5.58 Å². The minimum Gasteiger partial charge on any atom is -0.480 e. The number of nitrogens with two attached hydrogens (primary N) is 1. The van der Waals surface area contributed by atoms with Crippen LogP contribution >= 0.6 is 11.6 Å². The van der Waals surface area contributed by atoms with E-state index < -0.39 is 17.8 Å². The third-order valence-corrected chi connectivity index (χ3v) is 2.38. The first kappa shape index (κ1) is 11.4. The fourth-order valence-electron chi connectivity index (χ4n) is 1.39. The third-order valence-electron chi connectivity index (χ3n) is 2.14. The van der Waals surface area contributed by atoms with E-state index in [0.29, 0.717) is 16.1 Å². The molecule has 0 spiro atoms. The zero-order valence-electron chi connectivity index (χ0n) is 8.38. The molecule has 0 fully saturated rings. The summed E-state index contributed by atoms with van der Waals surface area (Å²) in [4.78, 5) is 25.7. The average Bonchev–Trinajstić information content (AvgIpc) is 2.58. The predicted octanol–water partition coefficient (Wildman–Crippen LogP) is 1.13. The van der Waals surface area contributed by atoms with E-state index in [0.717, 1.165) is 0 Å². The van der Waals surface area contributed by atoms with Crippen molar-refractivity contribution in [1.29, 1.82) is 0 Å². The van der Waals surface area contributed by atoms with E-state index in [1.807, 2.05) is 0 Å². The number of primary amides is 1. The summed E-state index contributed by atoms with van der Waals surface area (Å²) in [5.74, 6) is -4.28. The van der Waals surface area contributed by atoms with Gasteiger partial charge in [0.25, 0.3) is 0 Å². The van der Waals surface area contributed by atoms with Gasteiger partial charge < -0.3 is 15.3 Å². The molecular formula is C10H7ClN2O4. The maximum atomic E-state index is 11.0. The number of nitrogens with zero attached hydrogens (tertiary/aromatic N) is 1. The molecule has 2 rings (SSSR count). The van der Waals surface area contributed by atoms with Gasteiger partial charge in [-0.15, -0.1) is 0 Å². The van der Waals surface area contributed by atoms with Crippen LogP contribution in [0, 0.1) is 0 Å². The molecule has 17 heavy (non-hydrogen) atoms. The SMILES string of the molecule is NC(=O)C(C(=O)O)c1nc2cc(Cl)ccc2o1. The molecule has 88 valence electrons. The highest BCUT2D eigenvalue weighted by molar-refractivity contribution is 6.31. The molecule has 0 aliphatic rings. The summed E-state index contributed by atoms with van der Waals surface area (Å²) in [7, 11) is 0. The molecule has 1 heterocycles. The van der Waals surface area contributed by atoms with Crippen LogP contribution in [0.1, 0.15) is 11.8 Å². The molecule has 0 saturated heterocycles. The minimum atomic E-state index is -1.60. The van der Waals surface area contributed by atoms with Crippen molar-refractivity contribution in [1.82, 2.24) is 4.98 Å². The van der Waals surface area contributed by atoms with E-state index >= 15 is 0 Å². The Labute approximate surface area is 100.0 Å². The van der Waals surface area contributed by atoms with E-state index in [9.17, 15) is 9.59 Å². The molecule has 3 N–H and O–H groups in total. The van der Waals surface area contributed by atoms with Gasteiger partial charge in [0.1, 0.15) is 5.52 Å². The van der Waals surface area contributed by atoms with Crippen LogP contribution < -0.4 is 5.73 Å². The molecule has 0 aliphatic heterocycles. The topological polar surface area (TPSA) is 106 Å². The van der Waals surface area contributed by atoms with Gasteiger partial charge in [0.05, 0.1) is 0 Å². The molecule has 1 unspecified atom stereocenters. The van der Waals surface area contributed by atoms with Gasteiger partial charge in [-0.2, -0.15) is 0 Å². The fraction of sp³-hybridized carbons (Fsp3) is 0.100. The van der Waals surface area contributed by atoms with Crippen LogP contribution in [0.15, 0.2) is 22.6 Å². The molecule has 1 aromatic carbocycles. The molecule has 2 aromatic rings. The number of carboxylic acids is 1. The molecule has 0 radical (unpaired) electrons. The summed E-state index contributed by atoms with van der Waals surface area (Å²) >= 11 is 5.74. The lowest BCUT2D eigenvalue weighted by atomic mass is 10.1. The maximum absolute atomic E-state index is 11.0. The van der Waals surface area contributed by atoms with E-state index in [1.54, 1.807) is 6.07 Å². The van der Waals surface area contributed by atoms with Crippen LogP contribution in [0.25, 0.3) is 11.1 Å². The Morgan fingerprint density at radius 2 is 2.18 bits per heavy atom. The molecule has 0 bridgehead atoms. The summed E-state index contributed by atoms with van der Waals surface area (Å²) in [5, 5.41) is 9.28. The number of benzene rings is 1. The van der Waals surface area contributed by atoms with Gasteiger partial charge in [0, 0.05) is 5.02 Å². The smallest absolute Gasteiger partial charge is 0.325 e. The lowest BCUT2D eigenvalue weighted by molar-refractivity contribution is -0.142. The second-order valence-corrected chi connectivity index (χ2v) is 3.77. The molecule has 6 nitrogen and oxygen atoms in total. The number of amides is 1. The van der Waals surface area contributed by atoms with Crippen LogP contribution in [0.4, 0.5) is 0 Å². The van der Waals surface area contributed by atoms with Crippen molar-refractivity contribution in [3.63, 3.8) is 0 Å². The van der Waals surface area contributed by atoms with Crippen molar-refractivity contribution in [2.75, 3.05) is 0 Å². The maximum Gasteiger partial charge on any atom is 0.325 e. The quantitative estimate of drug-likeness (QED) is 0.799. The summed E-state index contributed by atoms with van der Waals surface area (Å²) in [6.45, 7) is 0. The molecule has 1 atom stereocenters. The van der Waals surface area contributed by atoms with Crippen LogP contribution in [-0.4, -0.2) is 22.0 Å². The summed E-state index contributed by atoms with van der Waals surface area (Å²) in [5.41, 5.74) is 5.69. The van der Waals surface area contributed by atoms with E-state index in [-0.39, 0.29) is 5.89 Å². The first-order valence-corrected chi connectivity index (χ1v) is 4.95. The van der Waals surface area contributed by atoms with E-state index in [2.05, 4.69) is 4.98 Å². The highest BCUT2D eigenvalue weighted by Crippen LogP contribution is 2.24. The standard InChI is InChI=1S/C10H7ClN2O4/c11-4-1-2-6-5(3-4)13-9(17-6)7(8(12)14)10(15)16/h1-3,7H,(H2,12,14)(H,15,16). The van der Waals surface area contributed by atoms with Crippen LogP contribution in [0.2, 0.25) is 5.02 Å². The normalized spacial score (nSPS) is 12.5. The number of rotatable bonds is 3. The number of aliphatic carboxylic acids is 1. The van der Waals surface area contributed by atoms with Gasteiger partial charge in [-0.05, 0) is 18.2 Å². The number of carbonyl (C=O) groups is 2. The van der Waals surface area contributed by atoms with E-state index in [1.165, 1.54) is 12.1 Å². The zero-order chi connectivity index (χ0) is 12.6. The molecule has 1 aromatic heterocycles. The largest absolute Gasteiger partial charge is 0.480 e. The third kappa shape index (κ3) is 2.07. The Hall–Kier alpha value is -2.08. The number of carbonyl (C=O) groups excluding carboxylic acids is 1. The fourth-order valence-corrected chi connectivity index (χ4v) is 1.56. The van der Waals surface area contributed by atoms with Crippen molar-refractivity contribution < 1.29 is 19.1 Å². The summed E-state index contributed by atoms with van der Waals surface area (Å²) in [6, 6.07) is 4.61. The predicted molar refractivity (Wildman–Crippen MR) is 58.6 cm³/mol. The lowest BCUT2D eigenvalue weighted by Crippen LogP contribution is -2.28.